The number of carbonyl (C=O) groups is 1. The van der Waals surface area contributed by atoms with Crippen molar-refractivity contribution in [2.24, 2.45) is 0 Å². The Hall–Kier alpha value is -2.65. The highest BCUT2D eigenvalue weighted by molar-refractivity contribution is 9.10. The van der Waals surface area contributed by atoms with E-state index in [9.17, 15) is 13.2 Å². The van der Waals surface area contributed by atoms with Crippen molar-refractivity contribution in [1.29, 1.82) is 0 Å². The number of benzene rings is 2. The summed E-state index contributed by atoms with van der Waals surface area (Å²) in [7, 11) is -3.83. The van der Waals surface area contributed by atoms with Gasteiger partial charge in [0.05, 0.1) is 0 Å². The lowest BCUT2D eigenvalue weighted by molar-refractivity contribution is 0.102. The minimum atomic E-state index is -3.83. The van der Waals surface area contributed by atoms with E-state index in [1.807, 2.05) is 25.1 Å². The zero-order chi connectivity index (χ0) is 20.5. The highest BCUT2D eigenvalue weighted by Crippen LogP contribution is 2.23. The summed E-state index contributed by atoms with van der Waals surface area (Å²) in [6.45, 7) is 4.99. The fourth-order valence-corrected chi connectivity index (χ4v) is 4.58. The summed E-state index contributed by atoms with van der Waals surface area (Å²) in [6.07, 6.45) is 0. The number of halogens is 1. The molecule has 0 saturated heterocycles. The zero-order valence-electron chi connectivity index (χ0n) is 15.4. The van der Waals surface area contributed by atoms with E-state index in [0.717, 1.165) is 10.0 Å². The van der Waals surface area contributed by atoms with Crippen LogP contribution in [0.1, 0.15) is 27.4 Å². The average Bonchev–Trinajstić information content (AvgIpc) is 2.97. The van der Waals surface area contributed by atoms with Crippen LogP contribution in [0.2, 0.25) is 0 Å². The number of carbonyl (C=O) groups excluding carboxylic acids is 1. The highest BCUT2D eigenvalue weighted by Gasteiger charge is 2.24. The Kier molecular flexibility index (Phi) is 5.57. The van der Waals surface area contributed by atoms with Crippen LogP contribution in [0.5, 0.6) is 0 Å². The van der Waals surface area contributed by atoms with E-state index in [1.165, 1.54) is 19.1 Å². The van der Waals surface area contributed by atoms with Gasteiger partial charge in [-0.05, 0) is 68.8 Å². The summed E-state index contributed by atoms with van der Waals surface area (Å²) < 4.78 is 33.4. The molecule has 2 aromatic carbocycles. The molecular formula is C19H18BrN3O4S. The Bertz CT molecular complexity index is 1120. The predicted octanol–water partition coefficient (Wildman–Crippen LogP) is 4.42. The molecule has 0 atom stereocenters. The first-order valence-corrected chi connectivity index (χ1v) is 10.6. The van der Waals surface area contributed by atoms with Crippen LogP contribution in [0.25, 0.3) is 0 Å². The lowest BCUT2D eigenvalue weighted by Gasteiger charge is -2.10. The molecule has 0 aliphatic heterocycles. The Labute approximate surface area is 171 Å². The summed E-state index contributed by atoms with van der Waals surface area (Å²) in [5.74, 6) is -0.0728. The molecule has 2 N–H and O–H groups in total. The predicted molar refractivity (Wildman–Crippen MR) is 110 cm³/mol. The van der Waals surface area contributed by atoms with Gasteiger partial charge < -0.3 is 9.84 Å². The van der Waals surface area contributed by atoms with Crippen molar-refractivity contribution in [2.75, 3.05) is 10.0 Å². The van der Waals surface area contributed by atoms with Gasteiger partial charge in [-0.3, -0.25) is 9.52 Å². The van der Waals surface area contributed by atoms with E-state index in [4.69, 9.17) is 4.52 Å². The smallest absolute Gasteiger partial charge is 0.267 e. The third-order valence-electron chi connectivity index (χ3n) is 4.07. The van der Waals surface area contributed by atoms with Crippen molar-refractivity contribution >= 4 is 43.2 Å². The molecule has 0 fully saturated rings. The maximum atomic E-state index is 12.5. The fraction of sp³-hybridized carbons (Fsp3) is 0.158. The molecule has 1 heterocycles. The molecule has 3 rings (SSSR count). The molecule has 3 aromatic rings. The van der Waals surface area contributed by atoms with Gasteiger partial charge in [0.15, 0.2) is 10.7 Å². The van der Waals surface area contributed by atoms with Crippen LogP contribution in [-0.4, -0.2) is 19.5 Å². The number of amides is 1. The number of sulfonamides is 1. The molecule has 0 spiro atoms. The standard InChI is InChI=1S/C19H18BrN3O4S/c1-11-10-15(20)6-9-17(11)21-19(24)14-4-7-16(8-5-14)23-28(25,26)18-12(2)22-27-13(18)3/h4-10,23H,1-3H3,(H,21,24). The second-order valence-electron chi connectivity index (χ2n) is 6.25. The number of aryl methyl sites for hydroxylation is 3. The highest BCUT2D eigenvalue weighted by atomic mass is 79.9. The summed E-state index contributed by atoms with van der Waals surface area (Å²) >= 11 is 3.38. The molecule has 28 heavy (non-hydrogen) atoms. The quantitative estimate of drug-likeness (QED) is 0.583. The molecule has 9 heteroatoms. The molecule has 7 nitrogen and oxygen atoms in total. The van der Waals surface area contributed by atoms with Crippen LogP contribution in [0.4, 0.5) is 11.4 Å². The number of anilines is 2. The number of rotatable bonds is 5. The van der Waals surface area contributed by atoms with Gasteiger partial charge >= 0.3 is 0 Å². The van der Waals surface area contributed by atoms with Crippen LogP contribution >= 0.6 is 15.9 Å². The van der Waals surface area contributed by atoms with Crippen molar-refractivity contribution < 1.29 is 17.7 Å². The molecule has 1 amide bonds. The first-order chi connectivity index (χ1) is 13.2. The molecule has 1 aromatic heterocycles. The largest absolute Gasteiger partial charge is 0.360 e. The zero-order valence-corrected chi connectivity index (χ0v) is 17.8. The number of aromatic nitrogens is 1. The van der Waals surface area contributed by atoms with E-state index < -0.39 is 10.0 Å². The van der Waals surface area contributed by atoms with Crippen LogP contribution in [0, 0.1) is 20.8 Å². The average molecular weight is 464 g/mol. The molecule has 0 aliphatic rings. The van der Waals surface area contributed by atoms with Gasteiger partial charge in [0.1, 0.15) is 5.69 Å². The molecule has 0 radical (unpaired) electrons. The first kappa shape index (κ1) is 20.1. The molecule has 0 unspecified atom stereocenters. The number of nitrogens with zero attached hydrogens (tertiary/aromatic N) is 1. The number of nitrogens with one attached hydrogen (secondary N) is 2. The van der Waals surface area contributed by atoms with Crippen LogP contribution in [-0.2, 0) is 10.0 Å². The topological polar surface area (TPSA) is 101 Å². The molecule has 0 saturated carbocycles. The van der Waals surface area contributed by atoms with Gasteiger partial charge in [-0.2, -0.15) is 0 Å². The molecule has 146 valence electrons. The van der Waals surface area contributed by atoms with Crippen LogP contribution in [0.3, 0.4) is 0 Å². The Balaban J connectivity index is 1.75. The second-order valence-corrected chi connectivity index (χ2v) is 8.78. The second kappa shape index (κ2) is 7.76. The van der Waals surface area contributed by atoms with Crippen molar-refractivity contribution in [3.63, 3.8) is 0 Å². The summed E-state index contributed by atoms with van der Waals surface area (Å²) in [4.78, 5) is 12.5. The molecule has 0 bridgehead atoms. The maximum absolute atomic E-state index is 12.5. The Morgan fingerprint density at radius 3 is 2.32 bits per heavy atom. The third-order valence-corrected chi connectivity index (χ3v) is 6.19. The number of hydrogen-bond acceptors (Lipinski definition) is 5. The third kappa shape index (κ3) is 4.26. The van der Waals surface area contributed by atoms with E-state index >= 15 is 0 Å². The van der Waals surface area contributed by atoms with E-state index in [0.29, 0.717) is 16.9 Å². The maximum Gasteiger partial charge on any atom is 0.267 e. The van der Waals surface area contributed by atoms with Gasteiger partial charge in [-0.1, -0.05) is 21.1 Å². The molecule has 0 aliphatic carbocycles. The monoisotopic (exact) mass is 463 g/mol. The van der Waals surface area contributed by atoms with Crippen molar-refractivity contribution in [2.45, 2.75) is 25.7 Å². The minimum absolute atomic E-state index is 0.0139. The van der Waals surface area contributed by atoms with Gasteiger partial charge in [0.2, 0.25) is 0 Å². The summed E-state index contributed by atoms with van der Waals surface area (Å²) in [6, 6.07) is 11.7. The van der Waals surface area contributed by atoms with Gasteiger partial charge in [-0.15, -0.1) is 0 Å². The van der Waals surface area contributed by atoms with Gasteiger partial charge in [0.25, 0.3) is 15.9 Å². The number of hydrogen-bond donors (Lipinski definition) is 2. The lowest BCUT2D eigenvalue weighted by Crippen LogP contribution is -2.15. The van der Waals surface area contributed by atoms with Gasteiger partial charge in [0, 0.05) is 21.4 Å². The first-order valence-electron chi connectivity index (χ1n) is 8.30. The minimum Gasteiger partial charge on any atom is -0.360 e. The van der Waals surface area contributed by atoms with Gasteiger partial charge in [-0.25, -0.2) is 8.42 Å². The van der Waals surface area contributed by atoms with Crippen molar-refractivity contribution in [3.05, 3.63) is 69.5 Å². The Morgan fingerprint density at radius 1 is 1.07 bits per heavy atom. The SMILES string of the molecule is Cc1cc(Br)ccc1NC(=O)c1ccc(NS(=O)(=O)c2c(C)noc2C)cc1. The summed E-state index contributed by atoms with van der Waals surface area (Å²) in [5, 5.41) is 6.50. The van der Waals surface area contributed by atoms with E-state index in [2.05, 4.69) is 31.1 Å². The van der Waals surface area contributed by atoms with Crippen LogP contribution in [0.15, 0.2) is 56.4 Å². The molecular weight excluding hydrogens is 446 g/mol. The Morgan fingerprint density at radius 2 is 1.75 bits per heavy atom. The van der Waals surface area contributed by atoms with Crippen LogP contribution < -0.4 is 10.0 Å². The van der Waals surface area contributed by atoms with Crippen molar-refractivity contribution in [1.82, 2.24) is 5.16 Å². The lowest BCUT2D eigenvalue weighted by atomic mass is 10.1. The normalized spacial score (nSPS) is 11.3. The summed E-state index contributed by atoms with van der Waals surface area (Å²) in [5.41, 5.74) is 2.65. The van der Waals surface area contributed by atoms with E-state index in [1.54, 1.807) is 19.1 Å². The van der Waals surface area contributed by atoms with E-state index in [-0.39, 0.29) is 22.3 Å². The van der Waals surface area contributed by atoms with Crippen molar-refractivity contribution in [3.8, 4) is 0 Å². The fourth-order valence-electron chi connectivity index (χ4n) is 2.72.